The van der Waals surface area contributed by atoms with Crippen LogP contribution in [0.15, 0.2) is 27.5 Å². The largest absolute Gasteiger partial charge is 0.472 e. The molecule has 1 amide bonds. The van der Waals surface area contributed by atoms with E-state index in [4.69, 9.17) is 4.42 Å². The second-order valence-electron chi connectivity index (χ2n) is 4.70. The Morgan fingerprint density at radius 3 is 2.86 bits per heavy atom. The summed E-state index contributed by atoms with van der Waals surface area (Å²) in [5.74, 6) is -1.98. The van der Waals surface area contributed by atoms with Gasteiger partial charge in [0.15, 0.2) is 5.82 Å². The van der Waals surface area contributed by atoms with Crippen LogP contribution in [0, 0.1) is 0 Å². The molecule has 1 fully saturated rings. The summed E-state index contributed by atoms with van der Waals surface area (Å²) in [5, 5.41) is 3.36. The number of hydrogen-bond acceptors (Lipinski definition) is 5. The molecule has 9 heteroatoms. The molecule has 0 bridgehead atoms. The lowest BCUT2D eigenvalue weighted by atomic mass is 10.1. The number of alkyl halides is 3. The first-order chi connectivity index (χ1) is 9.95. The van der Waals surface area contributed by atoms with Gasteiger partial charge in [-0.3, -0.25) is 4.79 Å². The van der Waals surface area contributed by atoms with Crippen LogP contribution in [-0.2, 0) is 6.18 Å². The van der Waals surface area contributed by atoms with Crippen molar-refractivity contribution in [2.24, 2.45) is 0 Å². The van der Waals surface area contributed by atoms with Crippen molar-refractivity contribution in [1.29, 1.82) is 0 Å². The number of aromatic nitrogens is 2. The van der Waals surface area contributed by atoms with Crippen LogP contribution in [0.1, 0.15) is 34.4 Å². The molecule has 3 heterocycles. The number of hydrogen-bond donors (Lipinski definition) is 0. The van der Waals surface area contributed by atoms with Crippen molar-refractivity contribution in [3.05, 3.63) is 35.9 Å². The molecule has 0 unspecified atom stereocenters. The van der Waals surface area contributed by atoms with Crippen LogP contribution in [0.2, 0.25) is 0 Å². The Bertz CT molecular complexity index is 636. The molecule has 1 aliphatic rings. The van der Waals surface area contributed by atoms with Gasteiger partial charge in [0.25, 0.3) is 5.91 Å². The van der Waals surface area contributed by atoms with E-state index in [-0.39, 0.29) is 24.2 Å². The third-order valence-corrected chi connectivity index (χ3v) is 3.29. The average molecular weight is 301 g/mol. The zero-order valence-electron chi connectivity index (χ0n) is 10.6. The number of amides is 1. The molecular weight excluding hydrogens is 291 g/mol. The summed E-state index contributed by atoms with van der Waals surface area (Å²) in [6, 6.07) is 1.53. The van der Waals surface area contributed by atoms with Crippen molar-refractivity contribution in [2.75, 3.05) is 13.1 Å². The van der Waals surface area contributed by atoms with Gasteiger partial charge in [0.2, 0.25) is 0 Å². The van der Waals surface area contributed by atoms with Gasteiger partial charge in [0, 0.05) is 19.0 Å². The van der Waals surface area contributed by atoms with Crippen LogP contribution in [0.5, 0.6) is 0 Å². The molecule has 0 spiro atoms. The Balaban J connectivity index is 1.70. The third kappa shape index (κ3) is 2.63. The standard InChI is InChI=1S/C12H10F3N3O3/c13-12(14,15)11-16-9(17-21-11)7-1-3-18(5-7)10(19)8-2-4-20-6-8/h2,4,6-7H,1,3,5H2/t7-/m1/s1. The van der Waals surface area contributed by atoms with Crippen molar-refractivity contribution in [3.63, 3.8) is 0 Å². The van der Waals surface area contributed by atoms with Crippen LogP contribution in [0.25, 0.3) is 0 Å². The Labute approximate surface area is 116 Å². The first kappa shape index (κ1) is 13.7. The quantitative estimate of drug-likeness (QED) is 0.851. The smallest absolute Gasteiger partial charge is 0.471 e. The molecule has 2 aromatic rings. The third-order valence-electron chi connectivity index (χ3n) is 3.29. The molecule has 112 valence electrons. The topological polar surface area (TPSA) is 72.4 Å². The van der Waals surface area contributed by atoms with E-state index >= 15 is 0 Å². The fourth-order valence-electron chi connectivity index (χ4n) is 2.24. The minimum atomic E-state index is -4.66. The molecule has 0 aliphatic carbocycles. The van der Waals surface area contributed by atoms with E-state index in [1.807, 2.05) is 0 Å². The second-order valence-corrected chi connectivity index (χ2v) is 4.70. The SMILES string of the molecule is O=C(c1ccoc1)N1CC[C@@H](c2noc(C(F)(F)F)n2)C1. The van der Waals surface area contributed by atoms with Gasteiger partial charge in [-0.05, 0) is 12.5 Å². The van der Waals surface area contributed by atoms with Gasteiger partial charge >= 0.3 is 12.1 Å². The predicted octanol–water partition coefficient (Wildman–Crippen LogP) is 2.31. The summed E-state index contributed by atoms with van der Waals surface area (Å²) in [7, 11) is 0. The maximum Gasteiger partial charge on any atom is 0.471 e. The summed E-state index contributed by atoms with van der Waals surface area (Å²) in [6.07, 6.45) is -1.46. The van der Waals surface area contributed by atoms with Crippen molar-refractivity contribution in [1.82, 2.24) is 15.0 Å². The first-order valence-corrected chi connectivity index (χ1v) is 6.17. The molecule has 1 atom stereocenters. The highest BCUT2D eigenvalue weighted by molar-refractivity contribution is 5.94. The number of halogens is 3. The fraction of sp³-hybridized carbons (Fsp3) is 0.417. The van der Waals surface area contributed by atoms with Crippen molar-refractivity contribution >= 4 is 5.91 Å². The van der Waals surface area contributed by atoms with Crippen LogP contribution < -0.4 is 0 Å². The minimum absolute atomic E-state index is 0.0233. The van der Waals surface area contributed by atoms with Gasteiger partial charge in [-0.2, -0.15) is 18.2 Å². The van der Waals surface area contributed by atoms with E-state index in [2.05, 4.69) is 14.7 Å². The van der Waals surface area contributed by atoms with E-state index in [0.717, 1.165) is 0 Å². The maximum absolute atomic E-state index is 12.4. The number of carbonyl (C=O) groups is 1. The number of likely N-dealkylation sites (tertiary alicyclic amines) is 1. The lowest BCUT2D eigenvalue weighted by Crippen LogP contribution is -2.28. The summed E-state index contributed by atoms with van der Waals surface area (Å²) in [5.41, 5.74) is 0.403. The summed E-state index contributed by atoms with van der Waals surface area (Å²) in [6.45, 7) is 0.672. The molecule has 0 radical (unpaired) electrons. The van der Waals surface area contributed by atoms with E-state index in [9.17, 15) is 18.0 Å². The Morgan fingerprint density at radius 1 is 1.43 bits per heavy atom. The van der Waals surface area contributed by atoms with Gasteiger partial charge < -0.3 is 13.8 Å². The highest BCUT2D eigenvalue weighted by Gasteiger charge is 2.40. The van der Waals surface area contributed by atoms with Crippen LogP contribution in [0.4, 0.5) is 13.2 Å². The Kier molecular flexibility index (Phi) is 3.19. The van der Waals surface area contributed by atoms with Crippen LogP contribution >= 0.6 is 0 Å². The van der Waals surface area contributed by atoms with Crippen LogP contribution in [-0.4, -0.2) is 34.0 Å². The lowest BCUT2D eigenvalue weighted by molar-refractivity contribution is -0.159. The molecule has 2 aromatic heterocycles. The minimum Gasteiger partial charge on any atom is -0.472 e. The average Bonchev–Trinajstić information content (AvgIpc) is 3.17. The van der Waals surface area contributed by atoms with Crippen molar-refractivity contribution < 1.29 is 26.9 Å². The molecule has 0 aromatic carbocycles. The van der Waals surface area contributed by atoms with Crippen LogP contribution in [0.3, 0.4) is 0 Å². The van der Waals surface area contributed by atoms with Gasteiger partial charge in [-0.1, -0.05) is 5.16 Å². The van der Waals surface area contributed by atoms with Gasteiger partial charge in [-0.25, -0.2) is 0 Å². The van der Waals surface area contributed by atoms with Gasteiger partial charge in [-0.15, -0.1) is 0 Å². The molecule has 6 nitrogen and oxygen atoms in total. The molecular formula is C12H10F3N3O3. The lowest BCUT2D eigenvalue weighted by Gasteiger charge is -2.14. The highest BCUT2D eigenvalue weighted by Crippen LogP contribution is 2.31. The van der Waals surface area contributed by atoms with Crippen molar-refractivity contribution in [2.45, 2.75) is 18.5 Å². The fourth-order valence-corrected chi connectivity index (χ4v) is 2.24. The second kappa shape index (κ2) is 4.90. The van der Waals surface area contributed by atoms with Crippen molar-refractivity contribution in [3.8, 4) is 0 Å². The number of furan rings is 1. The highest BCUT2D eigenvalue weighted by atomic mass is 19.4. The Hall–Kier alpha value is -2.32. The molecule has 3 rings (SSSR count). The molecule has 1 saturated heterocycles. The van der Waals surface area contributed by atoms with E-state index in [0.29, 0.717) is 18.5 Å². The number of carbonyl (C=O) groups excluding carboxylic acids is 1. The van der Waals surface area contributed by atoms with Gasteiger partial charge in [0.05, 0.1) is 11.8 Å². The van der Waals surface area contributed by atoms with E-state index in [1.165, 1.54) is 23.5 Å². The molecule has 21 heavy (non-hydrogen) atoms. The summed E-state index contributed by atoms with van der Waals surface area (Å²) in [4.78, 5) is 17.0. The van der Waals surface area contributed by atoms with E-state index < -0.39 is 12.1 Å². The normalized spacial score (nSPS) is 19.2. The zero-order chi connectivity index (χ0) is 15.0. The molecule has 0 N–H and O–H groups in total. The monoisotopic (exact) mass is 301 g/mol. The molecule has 1 aliphatic heterocycles. The zero-order valence-corrected chi connectivity index (χ0v) is 10.6. The number of rotatable bonds is 2. The maximum atomic E-state index is 12.4. The molecule has 0 saturated carbocycles. The summed E-state index contributed by atoms with van der Waals surface area (Å²) >= 11 is 0. The summed E-state index contributed by atoms with van der Waals surface area (Å²) < 4.78 is 46.3. The Morgan fingerprint density at radius 2 is 2.24 bits per heavy atom. The van der Waals surface area contributed by atoms with E-state index in [1.54, 1.807) is 0 Å². The van der Waals surface area contributed by atoms with Gasteiger partial charge in [0.1, 0.15) is 6.26 Å². The first-order valence-electron chi connectivity index (χ1n) is 6.17. The predicted molar refractivity (Wildman–Crippen MR) is 61.3 cm³/mol. The number of nitrogens with zero attached hydrogens (tertiary/aromatic N) is 3.